The van der Waals surface area contributed by atoms with Crippen LogP contribution in [0, 0.1) is 7.14 Å². The molecule has 1 unspecified atom stereocenters. The first-order valence-corrected chi connectivity index (χ1v) is 12.4. The molecule has 0 aliphatic carbocycles. The lowest BCUT2D eigenvalue weighted by molar-refractivity contribution is -0.137. The van der Waals surface area contributed by atoms with E-state index in [1.807, 2.05) is 24.3 Å². The second-order valence-electron chi connectivity index (χ2n) is 7.32. The predicted octanol–water partition coefficient (Wildman–Crippen LogP) is 2.72. The average Bonchev–Trinajstić information content (AvgIpc) is 2.77. The van der Waals surface area contributed by atoms with Crippen molar-refractivity contribution in [3.63, 3.8) is 0 Å². The van der Waals surface area contributed by atoms with Crippen molar-refractivity contribution in [2.24, 2.45) is 4.99 Å². The average molecular weight is 675 g/mol. The molecule has 11 heteroatoms. The lowest BCUT2D eigenvalue weighted by atomic mass is 10.0. The summed E-state index contributed by atoms with van der Waals surface area (Å²) >= 11 is 4.29. The van der Waals surface area contributed by atoms with E-state index in [0.29, 0.717) is 22.8 Å². The topological polar surface area (TPSA) is 132 Å². The second-order valence-corrected chi connectivity index (χ2v) is 9.81. The number of anilines is 1. The van der Waals surface area contributed by atoms with Crippen LogP contribution in [0.1, 0.15) is 34.8 Å². The van der Waals surface area contributed by atoms with E-state index in [1.165, 1.54) is 0 Å². The minimum atomic E-state index is -1.03. The van der Waals surface area contributed by atoms with Gasteiger partial charge in [0.05, 0.1) is 19.0 Å². The number of nitrogens with one attached hydrogen (secondary N) is 4. The molecule has 2 amide bonds. The molecular weight excluding hydrogens is 652 g/mol. The summed E-state index contributed by atoms with van der Waals surface area (Å²) in [5.41, 5.74) is 1.79. The summed E-state index contributed by atoms with van der Waals surface area (Å²) in [5, 5.41) is 20.9. The van der Waals surface area contributed by atoms with Crippen LogP contribution in [-0.4, -0.2) is 48.5 Å². The van der Waals surface area contributed by atoms with Gasteiger partial charge in [0.1, 0.15) is 0 Å². The highest BCUT2D eigenvalue weighted by Crippen LogP contribution is 2.22. The van der Waals surface area contributed by atoms with Crippen molar-refractivity contribution in [3.05, 3.63) is 60.7 Å². The number of guanidine groups is 1. The number of hydrogen-bond acceptors (Lipinski definition) is 6. The lowest BCUT2D eigenvalue weighted by Gasteiger charge is -2.18. The predicted molar refractivity (Wildman–Crippen MR) is 142 cm³/mol. The standard InChI is InChI=1S/C22H23I2N5O4/c23-15-7-14(8-16(24)10-15)18(11-20(31)32)29-19(30)12-27-21(33)13-3-1-4-17(9-13)28-22-25-5-2-6-26-22/h1,3-4,7-10,18H,2,5-6,11-12H2,(H,27,33)(H,29,30)(H,31,32)(H2,25,26,28). The summed E-state index contributed by atoms with van der Waals surface area (Å²) in [6, 6.07) is 11.8. The molecule has 2 aromatic carbocycles. The Labute approximate surface area is 218 Å². The van der Waals surface area contributed by atoms with Gasteiger partial charge in [0, 0.05) is 31.5 Å². The molecule has 1 heterocycles. The summed E-state index contributed by atoms with van der Waals surface area (Å²) < 4.78 is 1.88. The first-order valence-electron chi connectivity index (χ1n) is 10.2. The van der Waals surface area contributed by atoms with Gasteiger partial charge in [-0.1, -0.05) is 6.07 Å². The van der Waals surface area contributed by atoms with Gasteiger partial charge in [0.15, 0.2) is 5.96 Å². The quantitative estimate of drug-likeness (QED) is 0.274. The fraction of sp³-hybridized carbons (Fsp3) is 0.273. The lowest BCUT2D eigenvalue weighted by Crippen LogP contribution is -2.39. The van der Waals surface area contributed by atoms with Crippen LogP contribution in [0.25, 0.3) is 0 Å². The first-order chi connectivity index (χ1) is 15.8. The van der Waals surface area contributed by atoms with Gasteiger partial charge in [-0.05, 0) is 93.6 Å². The SMILES string of the molecule is O=C(O)CC(NC(=O)CNC(=O)c1cccc(NC2=NCCCN2)c1)c1cc(I)cc(I)c1. The molecule has 0 fully saturated rings. The number of aliphatic carboxylic acids is 1. The van der Waals surface area contributed by atoms with Gasteiger partial charge in [-0.15, -0.1) is 0 Å². The van der Waals surface area contributed by atoms with Gasteiger partial charge < -0.3 is 26.4 Å². The second kappa shape index (κ2) is 12.2. The molecule has 1 atom stereocenters. The van der Waals surface area contributed by atoms with E-state index < -0.39 is 23.8 Å². The van der Waals surface area contributed by atoms with Crippen LogP contribution in [0.2, 0.25) is 0 Å². The first kappa shape index (κ1) is 25.2. The zero-order chi connectivity index (χ0) is 23.8. The summed E-state index contributed by atoms with van der Waals surface area (Å²) in [7, 11) is 0. The van der Waals surface area contributed by atoms with Gasteiger partial charge in [0.25, 0.3) is 5.91 Å². The van der Waals surface area contributed by atoms with Crippen molar-refractivity contribution in [3.8, 4) is 0 Å². The highest BCUT2D eigenvalue weighted by Gasteiger charge is 2.19. The maximum Gasteiger partial charge on any atom is 0.305 e. The third-order valence-corrected chi connectivity index (χ3v) is 5.94. The number of carbonyl (C=O) groups excluding carboxylic acids is 2. The normalized spacial score (nSPS) is 13.8. The van der Waals surface area contributed by atoms with E-state index >= 15 is 0 Å². The van der Waals surface area contributed by atoms with Crippen LogP contribution >= 0.6 is 45.2 Å². The van der Waals surface area contributed by atoms with E-state index in [4.69, 9.17) is 0 Å². The number of hydrogen-bond donors (Lipinski definition) is 5. The van der Waals surface area contributed by atoms with Crippen LogP contribution in [0.15, 0.2) is 47.5 Å². The van der Waals surface area contributed by atoms with E-state index in [0.717, 1.165) is 26.7 Å². The number of nitrogens with zero attached hydrogens (tertiary/aromatic N) is 1. The van der Waals surface area contributed by atoms with Crippen molar-refractivity contribution in [1.29, 1.82) is 0 Å². The Morgan fingerprint density at radius 2 is 1.88 bits per heavy atom. The van der Waals surface area contributed by atoms with Crippen molar-refractivity contribution < 1.29 is 19.5 Å². The molecule has 0 spiro atoms. The van der Waals surface area contributed by atoms with Gasteiger partial charge in [-0.3, -0.25) is 19.4 Å². The third kappa shape index (κ3) is 8.14. The minimum absolute atomic E-state index is 0.262. The maximum atomic E-state index is 12.6. The Kier molecular flexibility index (Phi) is 9.29. The molecule has 1 aliphatic rings. The van der Waals surface area contributed by atoms with Crippen molar-refractivity contribution in [1.82, 2.24) is 16.0 Å². The van der Waals surface area contributed by atoms with Gasteiger partial charge >= 0.3 is 5.97 Å². The van der Waals surface area contributed by atoms with E-state index in [1.54, 1.807) is 18.2 Å². The molecule has 0 saturated carbocycles. The largest absolute Gasteiger partial charge is 0.481 e. The Morgan fingerprint density at radius 3 is 2.55 bits per heavy atom. The molecule has 0 aromatic heterocycles. The maximum absolute atomic E-state index is 12.6. The summed E-state index contributed by atoms with van der Waals surface area (Å²) in [4.78, 5) is 40.7. The number of aliphatic imine (C=N–C) groups is 1. The Balaban J connectivity index is 1.59. The number of carboxylic acids is 1. The highest BCUT2D eigenvalue weighted by molar-refractivity contribution is 14.1. The zero-order valence-electron chi connectivity index (χ0n) is 17.5. The monoisotopic (exact) mass is 675 g/mol. The number of amides is 2. The Bertz CT molecular complexity index is 1060. The highest BCUT2D eigenvalue weighted by atomic mass is 127. The number of rotatable bonds is 8. The molecule has 174 valence electrons. The van der Waals surface area contributed by atoms with Gasteiger partial charge in [0.2, 0.25) is 5.91 Å². The summed E-state index contributed by atoms with van der Waals surface area (Å²) in [6.45, 7) is 1.31. The Hall–Kier alpha value is -2.42. The van der Waals surface area contributed by atoms with Gasteiger partial charge in [-0.25, -0.2) is 0 Å². The van der Waals surface area contributed by atoms with Crippen molar-refractivity contribution in [2.45, 2.75) is 18.9 Å². The number of carbonyl (C=O) groups is 3. The van der Waals surface area contributed by atoms with Gasteiger partial charge in [-0.2, -0.15) is 0 Å². The van der Waals surface area contributed by atoms with Crippen LogP contribution in [0.4, 0.5) is 5.69 Å². The van der Waals surface area contributed by atoms with E-state index in [2.05, 4.69) is 71.4 Å². The number of carboxylic acid groups (broad SMARTS) is 1. The molecule has 0 saturated heterocycles. The number of halogens is 2. The molecule has 3 rings (SSSR count). The fourth-order valence-electron chi connectivity index (χ4n) is 3.20. The van der Waals surface area contributed by atoms with Crippen molar-refractivity contribution >= 4 is 74.6 Å². The molecule has 1 aliphatic heterocycles. The molecule has 0 radical (unpaired) electrons. The minimum Gasteiger partial charge on any atom is -0.481 e. The van der Waals surface area contributed by atoms with Crippen molar-refractivity contribution in [2.75, 3.05) is 25.0 Å². The van der Waals surface area contributed by atoms with Crippen LogP contribution in [0.5, 0.6) is 0 Å². The molecular formula is C22H23I2N5O4. The third-order valence-electron chi connectivity index (χ3n) is 4.70. The number of benzene rings is 2. The zero-order valence-corrected chi connectivity index (χ0v) is 21.8. The summed E-state index contributed by atoms with van der Waals surface area (Å²) in [6.07, 6.45) is 0.716. The molecule has 2 aromatic rings. The van der Waals surface area contributed by atoms with E-state index in [9.17, 15) is 19.5 Å². The smallest absolute Gasteiger partial charge is 0.305 e. The van der Waals surface area contributed by atoms with Crippen LogP contribution < -0.4 is 21.3 Å². The molecule has 9 nitrogen and oxygen atoms in total. The molecule has 0 bridgehead atoms. The molecule has 33 heavy (non-hydrogen) atoms. The molecule has 5 N–H and O–H groups in total. The fourth-order valence-corrected chi connectivity index (χ4v) is 5.19. The Morgan fingerprint density at radius 1 is 1.12 bits per heavy atom. The summed E-state index contributed by atoms with van der Waals surface area (Å²) in [5.74, 6) is -1.25. The van der Waals surface area contributed by atoms with Crippen LogP contribution in [-0.2, 0) is 9.59 Å². The van der Waals surface area contributed by atoms with E-state index in [-0.39, 0.29) is 13.0 Å². The van der Waals surface area contributed by atoms with Crippen LogP contribution in [0.3, 0.4) is 0 Å².